The molecule has 0 spiro atoms. The topological polar surface area (TPSA) is 66.5 Å². The number of fused-ring (bicyclic) bond motifs is 1. The van der Waals surface area contributed by atoms with Crippen LogP contribution in [0.3, 0.4) is 0 Å². The van der Waals surface area contributed by atoms with E-state index in [1.807, 2.05) is 12.1 Å². The second-order valence-corrected chi connectivity index (χ2v) is 8.86. The predicted molar refractivity (Wildman–Crippen MR) is 127 cm³/mol. The molecule has 1 aliphatic rings. The summed E-state index contributed by atoms with van der Waals surface area (Å²) in [6, 6.07) is 13.6. The summed E-state index contributed by atoms with van der Waals surface area (Å²) in [5.74, 6) is -1.47. The number of imide groups is 1. The van der Waals surface area contributed by atoms with Gasteiger partial charge in [0.1, 0.15) is 11.7 Å². The molecule has 164 valence electrons. The second kappa shape index (κ2) is 11.2. The van der Waals surface area contributed by atoms with Gasteiger partial charge >= 0.3 is 6.03 Å². The molecule has 6 heteroatoms. The van der Waals surface area contributed by atoms with Gasteiger partial charge in [-0.1, -0.05) is 79.6 Å². The number of para-hydroxylation sites is 1. The number of halogens is 1. The number of urea groups is 1. The first-order valence-corrected chi connectivity index (χ1v) is 11.8. The van der Waals surface area contributed by atoms with Gasteiger partial charge < -0.3 is 5.32 Å². The second-order valence-electron chi connectivity index (χ2n) is 7.94. The van der Waals surface area contributed by atoms with Crippen molar-refractivity contribution in [3.05, 3.63) is 58.6 Å². The Morgan fingerprint density at radius 3 is 2.29 bits per heavy atom. The van der Waals surface area contributed by atoms with Crippen LogP contribution < -0.4 is 10.2 Å². The third kappa shape index (κ3) is 5.82. The lowest BCUT2D eigenvalue weighted by molar-refractivity contribution is -0.128. The molecule has 0 aliphatic carbocycles. The number of amides is 3. The van der Waals surface area contributed by atoms with Gasteiger partial charge in [0.25, 0.3) is 0 Å². The average molecular weight is 485 g/mol. The molecule has 1 unspecified atom stereocenters. The van der Waals surface area contributed by atoms with Crippen LogP contribution in [0.25, 0.3) is 0 Å². The minimum atomic E-state index is -0.896. The van der Waals surface area contributed by atoms with E-state index in [1.54, 1.807) is 36.4 Å². The molecule has 0 saturated carbocycles. The van der Waals surface area contributed by atoms with Gasteiger partial charge in [0.15, 0.2) is 0 Å². The Labute approximate surface area is 192 Å². The number of unbranched alkanes of at least 4 members (excludes halogenated alkanes) is 6. The highest BCUT2D eigenvalue weighted by Crippen LogP contribution is 2.39. The average Bonchev–Trinajstić information content (AvgIpc) is 3.06. The number of hydrogen-bond donors (Lipinski definition) is 1. The third-order valence-electron chi connectivity index (χ3n) is 5.60. The zero-order chi connectivity index (χ0) is 22.2. The Balaban J connectivity index is 1.65. The normalized spacial score (nSPS) is 15.1. The van der Waals surface area contributed by atoms with Crippen LogP contribution in [0.5, 0.6) is 0 Å². The molecule has 2 aromatic carbocycles. The first-order chi connectivity index (χ1) is 15.0. The number of anilines is 2. The van der Waals surface area contributed by atoms with Crippen molar-refractivity contribution in [2.75, 3.05) is 10.2 Å². The fourth-order valence-corrected chi connectivity index (χ4v) is 4.21. The predicted octanol–water partition coefficient (Wildman–Crippen LogP) is 6.82. The van der Waals surface area contributed by atoms with E-state index in [2.05, 4.69) is 28.2 Å². The molecular formula is C25H29BrN2O3. The Kier molecular flexibility index (Phi) is 8.41. The van der Waals surface area contributed by atoms with Gasteiger partial charge in [-0.15, -0.1) is 0 Å². The number of ketones is 1. The highest BCUT2D eigenvalue weighted by Gasteiger charge is 2.44. The molecule has 1 N–H and O–H groups in total. The molecule has 1 heterocycles. The molecule has 31 heavy (non-hydrogen) atoms. The number of benzene rings is 2. The molecular weight excluding hydrogens is 456 g/mol. The number of hydrogen-bond acceptors (Lipinski definition) is 3. The van der Waals surface area contributed by atoms with Crippen LogP contribution in [0, 0.1) is 0 Å². The lowest BCUT2D eigenvalue weighted by atomic mass is 9.93. The Bertz CT molecular complexity index is 927. The van der Waals surface area contributed by atoms with E-state index in [9.17, 15) is 14.4 Å². The van der Waals surface area contributed by atoms with Gasteiger partial charge in [0.05, 0.1) is 5.69 Å². The van der Waals surface area contributed by atoms with Crippen LogP contribution >= 0.6 is 15.9 Å². The fourth-order valence-electron chi connectivity index (χ4n) is 3.95. The first kappa shape index (κ1) is 23.2. The van der Waals surface area contributed by atoms with Gasteiger partial charge in [-0.05, 0) is 42.3 Å². The zero-order valence-corrected chi connectivity index (χ0v) is 19.5. The maximum absolute atomic E-state index is 13.1. The smallest absolute Gasteiger partial charge is 0.307 e. The van der Waals surface area contributed by atoms with Crippen LogP contribution in [-0.2, 0) is 9.59 Å². The summed E-state index contributed by atoms with van der Waals surface area (Å²) < 4.78 is 0.893. The van der Waals surface area contributed by atoms with Crippen molar-refractivity contribution >= 4 is 45.0 Å². The van der Waals surface area contributed by atoms with E-state index in [0.29, 0.717) is 23.4 Å². The number of rotatable bonds is 10. The number of Topliss-reactive ketones (excluding diaryl/α,β-unsaturated/α-hetero) is 1. The van der Waals surface area contributed by atoms with E-state index < -0.39 is 17.9 Å². The van der Waals surface area contributed by atoms with Crippen LogP contribution in [-0.4, -0.2) is 17.7 Å². The van der Waals surface area contributed by atoms with Crippen molar-refractivity contribution in [3.8, 4) is 0 Å². The van der Waals surface area contributed by atoms with Gasteiger partial charge in [-0.3, -0.25) is 9.59 Å². The summed E-state index contributed by atoms with van der Waals surface area (Å²) in [6.07, 6.45) is 8.15. The maximum Gasteiger partial charge on any atom is 0.333 e. The molecule has 0 aromatic heterocycles. The van der Waals surface area contributed by atoms with Crippen molar-refractivity contribution in [1.82, 2.24) is 0 Å². The van der Waals surface area contributed by atoms with Gasteiger partial charge in [0, 0.05) is 16.6 Å². The minimum Gasteiger partial charge on any atom is -0.307 e. The quantitative estimate of drug-likeness (QED) is 0.297. The SMILES string of the molecule is CCCCCCCCCC(=O)C1C(=O)N(C(=O)Nc2ccc(Br)cc2)c2ccccc21. The van der Waals surface area contributed by atoms with Crippen molar-refractivity contribution < 1.29 is 14.4 Å². The van der Waals surface area contributed by atoms with E-state index in [1.165, 1.54) is 25.7 Å². The van der Waals surface area contributed by atoms with Crippen LogP contribution in [0.15, 0.2) is 53.0 Å². The molecule has 1 atom stereocenters. The van der Waals surface area contributed by atoms with E-state index in [-0.39, 0.29) is 5.78 Å². The van der Waals surface area contributed by atoms with Crippen molar-refractivity contribution in [2.45, 2.75) is 64.2 Å². The first-order valence-electron chi connectivity index (χ1n) is 11.0. The minimum absolute atomic E-state index is 0.107. The van der Waals surface area contributed by atoms with Crippen LogP contribution in [0.2, 0.25) is 0 Å². The van der Waals surface area contributed by atoms with Gasteiger partial charge in [-0.2, -0.15) is 0 Å². The molecule has 0 fully saturated rings. The summed E-state index contributed by atoms with van der Waals surface area (Å²) in [4.78, 5) is 40.1. The van der Waals surface area contributed by atoms with Crippen molar-refractivity contribution in [3.63, 3.8) is 0 Å². The molecule has 0 bridgehead atoms. The Morgan fingerprint density at radius 1 is 0.935 bits per heavy atom. The number of nitrogens with one attached hydrogen (secondary N) is 1. The summed E-state index contributed by atoms with van der Waals surface area (Å²) in [5, 5.41) is 2.75. The standard InChI is InChI=1S/C25H29BrN2O3/c1-2-3-4-5-6-7-8-13-22(29)23-20-11-9-10-12-21(20)28(24(23)30)25(31)27-19-16-14-18(26)15-17-19/h9-12,14-17,23H,2-8,13H2,1H3,(H,27,31). The number of carbonyl (C=O) groups excluding carboxylic acids is 3. The number of nitrogens with zero attached hydrogens (tertiary/aromatic N) is 1. The number of carbonyl (C=O) groups is 3. The highest BCUT2D eigenvalue weighted by molar-refractivity contribution is 9.10. The largest absolute Gasteiger partial charge is 0.333 e. The lowest BCUT2D eigenvalue weighted by Gasteiger charge is -2.17. The van der Waals surface area contributed by atoms with E-state index in [4.69, 9.17) is 0 Å². The van der Waals surface area contributed by atoms with Gasteiger partial charge in [0.2, 0.25) is 5.91 Å². The molecule has 2 aromatic rings. The monoisotopic (exact) mass is 484 g/mol. The molecule has 3 rings (SSSR count). The van der Waals surface area contributed by atoms with E-state index in [0.717, 1.165) is 28.6 Å². The Hall–Kier alpha value is -2.47. The third-order valence-corrected chi connectivity index (χ3v) is 6.13. The van der Waals surface area contributed by atoms with Crippen molar-refractivity contribution in [1.29, 1.82) is 0 Å². The van der Waals surface area contributed by atoms with Crippen molar-refractivity contribution in [2.24, 2.45) is 0 Å². The molecule has 0 saturated heterocycles. The summed E-state index contributed by atoms with van der Waals surface area (Å²) >= 11 is 3.36. The lowest BCUT2D eigenvalue weighted by Crippen LogP contribution is -2.39. The van der Waals surface area contributed by atoms with Crippen LogP contribution in [0.1, 0.15) is 69.8 Å². The highest BCUT2D eigenvalue weighted by atomic mass is 79.9. The fraction of sp³-hybridized carbons (Fsp3) is 0.400. The van der Waals surface area contributed by atoms with Gasteiger partial charge in [-0.25, -0.2) is 9.69 Å². The molecule has 3 amide bonds. The zero-order valence-electron chi connectivity index (χ0n) is 17.9. The Morgan fingerprint density at radius 2 is 1.58 bits per heavy atom. The molecule has 1 aliphatic heterocycles. The van der Waals surface area contributed by atoms with Crippen LogP contribution in [0.4, 0.5) is 16.2 Å². The summed E-state index contributed by atoms with van der Waals surface area (Å²) in [6.45, 7) is 2.19. The molecule has 5 nitrogen and oxygen atoms in total. The maximum atomic E-state index is 13.1. The molecule has 0 radical (unpaired) electrons. The summed E-state index contributed by atoms with van der Waals surface area (Å²) in [7, 11) is 0. The summed E-state index contributed by atoms with van der Waals surface area (Å²) in [5.41, 5.74) is 1.68. The van der Waals surface area contributed by atoms with E-state index >= 15 is 0 Å².